The first-order valence-corrected chi connectivity index (χ1v) is 5.35. The molecule has 0 bridgehead atoms. The third-order valence-corrected chi connectivity index (χ3v) is 3.20. The van der Waals surface area contributed by atoms with Crippen molar-refractivity contribution in [2.75, 3.05) is 19.0 Å². The number of urea groups is 1. The number of nitrogens with zero attached hydrogens (tertiary/aromatic N) is 2. The average molecular weight is 261 g/mol. The number of amides is 2. The molecule has 2 aromatic rings. The van der Waals surface area contributed by atoms with Crippen LogP contribution in [-0.2, 0) is 0 Å². The molecule has 0 aliphatic carbocycles. The molecular formula is C11H16N3NaOS. The fraction of sp³-hybridized carbons (Fsp3) is 0.273. The predicted molar refractivity (Wildman–Crippen MR) is 76.4 cm³/mol. The summed E-state index contributed by atoms with van der Waals surface area (Å²) < 4.78 is 1.09. The molecule has 1 aromatic heterocycles. The summed E-state index contributed by atoms with van der Waals surface area (Å²) in [7, 11) is 3.31. The number of aromatic nitrogens is 1. The van der Waals surface area contributed by atoms with E-state index in [1.165, 1.54) is 16.2 Å². The monoisotopic (exact) mass is 261 g/mol. The van der Waals surface area contributed by atoms with Gasteiger partial charge in [0.05, 0.1) is 10.2 Å². The maximum absolute atomic E-state index is 11.4. The molecule has 4 nitrogen and oxygen atoms in total. The van der Waals surface area contributed by atoms with Gasteiger partial charge in [0.2, 0.25) is 0 Å². The summed E-state index contributed by atoms with van der Waals surface area (Å²) in [6, 6.07) is 7.67. The summed E-state index contributed by atoms with van der Waals surface area (Å²) in [5.74, 6) is 0. The quantitative estimate of drug-likeness (QED) is 0.799. The summed E-state index contributed by atoms with van der Waals surface area (Å²) in [5.41, 5.74) is 0.924. The van der Waals surface area contributed by atoms with Gasteiger partial charge in [-0.25, -0.2) is 9.78 Å². The Bertz CT molecular complexity index is 467. The first kappa shape index (κ1) is 16.4. The molecule has 0 saturated carbocycles. The number of fused-ring (bicyclic) bond motifs is 1. The number of benzene rings is 1. The molecule has 0 radical (unpaired) electrons. The van der Waals surface area contributed by atoms with E-state index < -0.39 is 0 Å². The van der Waals surface area contributed by atoms with Gasteiger partial charge in [0, 0.05) is 14.1 Å². The molecular weight excluding hydrogens is 245 g/mol. The SMILES string of the molecule is C.CNC(=O)N(C)c1nc2ccccc2s1.[NaH]. The number of rotatable bonds is 1. The zero-order valence-electron chi connectivity index (χ0n) is 8.52. The number of thiazole rings is 1. The number of para-hydroxylation sites is 1. The van der Waals surface area contributed by atoms with Crippen molar-refractivity contribution in [3.05, 3.63) is 24.3 Å². The Morgan fingerprint density at radius 3 is 2.65 bits per heavy atom. The Kier molecular flexibility index (Phi) is 6.70. The summed E-state index contributed by atoms with van der Waals surface area (Å²) in [6.45, 7) is 0. The molecule has 1 N–H and O–H groups in total. The second-order valence-electron chi connectivity index (χ2n) is 3.08. The Morgan fingerprint density at radius 1 is 1.41 bits per heavy atom. The van der Waals surface area contributed by atoms with Gasteiger partial charge in [-0.05, 0) is 12.1 Å². The van der Waals surface area contributed by atoms with Gasteiger partial charge in [0.1, 0.15) is 0 Å². The molecule has 2 rings (SSSR count). The first-order chi connectivity index (χ1) is 7.22. The van der Waals surface area contributed by atoms with Crippen molar-refractivity contribution in [1.29, 1.82) is 0 Å². The van der Waals surface area contributed by atoms with Crippen molar-refractivity contribution in [1.82, 2.24) is 10.3 Å². The zero-order valence-corrected chi connectivity index (χ0v) is 9.34. The minimum absolute atomic E-state index is 0. The molecule has 6 heteroatoms. The Balaban J connectivity index is 0.00000128. The Morgan fingerprint density at radius 2 is 2.06 bits per heavy atom. The summed E-state index contributed by atoms with van der Waals surface area (Å²) in [6.07, 6.45) is 0. The van der Waals surface area contributed by atoms with E-state index in [1.54, 1.807) is 14.1 Å². The summed E-state index contributed by atoms with van der Waals surface area (Å²) in [4.78, 5) is 17.2. The minimum atomic E-state index is -0.158. The van der Waals surface area contributed by atoms with E-state index in [4.69, 9.17) is 0 Å². The molecule has 1 aromatic carbocycles. The number of carbonyl (C=O) groups is 1. The number of hydrogen-bond acceptors (Lipinski definition) is 3. The number of nitrogens with one attached hydrogen (secondary N) is 1. The van der Waals surface area contributed by atoms with Crippen molar-refractivity contribution >= 4 is 62.3 Å². The predicted octanol–water partition coefficient (Wildman–Crippen LogP) is 2.06. The van der Waals surface area contributed by atoms with Crippen molar-refractivity contribution in [3.63, 3.8) is 0 Å². The second-order valence-corrected chi connectivity index (χ2v) is 4.09. The summed E-state index contributed by atoms with van der Waals surface area (Å²) >= 11 is 1.50. The molecule has 0 aliphatic rings. The van der Waals surface area contributed by atoms with Crippen LogP contribution >= 0.6 is 11.3 Å². The molecule has 0 spiro atoms. The van der Waals surface area contributed by atoms with Gasteiger partial charge in [-0.15, -0.1) is 0 Å². The molecule has 17 heavy (non-hydrogen) atoms. The van der Waals surface area contributed by atoms with Gasteiger partial charge in [0.25, 0.3) is 0 Å². The molecule has 1 heterocycles. The van der Waals surface area contributed by atoms with E-state index in [0.29, 0.717) is 5.13 Å². The standard InChI is InChI=1S/C10H11N3OS.CH4.Na.H/c1-11-9(14)13(2)10-12-7-5-3-4-6-8(7)15-10;;;/h3-6H,1-2H3,(H,11,14);1H4;;. The Hall–Kier alpha value is -0.620. The van der Waals surface area contributed by atoms with Crippen molar-refractivity contribution in [2.24, 2.45) is 0 Å². The number of carbonyl (C=O) groups excluding carboxylic acids is 1. The van der Waals surface area contributed by atoms with E-state index in [0.717, 1.165) is 10.2 Å². The normalized spacial score (nSPS) is 9.06. The zero-order chi connectivity index (χ0) is 10.8. The van der Waals surface area contributed by atoms with Crippen molar-refractivity contribution in [3.8, 4) is 0 Å². The van der Waals surface area contributed by atoms with Crippen LogP contribution < -0.4 is 10.2 Å². The van der Waals surface area contributed by atoms with Crippen LogP contribution in [0.15, 0.2) is 24.3 Å². The van der Waals surface area contributed by atoms with E-state index in [2.05, 4.69) is 10.3 Å². The molecule has 0 aliphatic heterocycles. The van der Waals surface area contributed by atoms with Crippen LogP contribution in [0.25, 0.3) is 10.2 Å². The third-order valence-electron chi connectivity index (χ3n) is 2.09. The fourth-order valence-corrected chi connectivity index (χ4v) is 2.18. The molecule has 0 fully saturated rings. The van der Waals surface area contributed by atoms with E-state index in [-0.39, 0.29) is 43.0 Å². The van der Waals surface area contributed by atoms with Crippen molar-refractivity contribution in [2.45, 2.75) is 7.43 Å². The average Bonchev–Trinajstić information content (AvgIpc) is 2.70. The van der Waals surface area contributed by atoms with Crippen LogP contribution in [-0.4, -0.2) is 54.7 Å². The third kappa shape index (κ3) is 3.42. The van der Waals surface area contributed by atoms with E-state index >= 15 is 0 Å². The van der Waals surface area contributed by atoms with Crippen molar-refractivity contribution < 1.29 is 4.79 Å². The van der Waals surface area contributed by atoms with Crippen LogP contribution in [0.5, 0.6) is 0 Å². The number of hydrogen-bond donors (Lipinski definition) is 1. The topological polar surface area (TPSA) is 45.2 Å². The van der Waals surface area contributed by atoms with Crippen LogP contribution in [0.2, 0.25) is 0 Å². The van der Waals surface area contributed by atoms with Gasteiger partial charge in [-0.1, -0.05) is 30.9 Å². The van der Waals surface area contributed by atoms with E-state index in [9.17, 15) is 4.79 Å². The van der Waals surface area contributed by atoms with Crippen LogP contribution in [0.1, 0.15) is 7.43 Å². The molecule has 0 unspecified atom stereocenters. The molecule has 88 valence electrons. The van der Waals surface area contributed by atoms with Gasteiger partial charge < -0.3 is 5.32 Å². The fourth-order valence-electron chi connectivity index (χ4n) is 1.26. The number of anilines is 1. The molecule has 0 saturated heterocycles. The molecule has 0 atom stereocenters. The Labute approximate surface area is 127 Å². The van der Waals surface area contributed by atoms with Gasteiger partial charge >= 0.3 is 35.6 Å². The van der Waals surface area contributed by atoms with Crippen LogP contribution in [0.4, 0.5) is 9.93 Å². The first-order valence-electron chi connectivity index (χ1n) is 4.53. The van der Waals surface area contributed by atoms with Crippen LogP contribution in [0, 0.1) is 0 Å². The molecule has 2 amide bonds. The maximum atomic E-state index is 11.4. The van der Waals surface area contributed by atoms with Gasteiger partial charge in [-0.3, -0.25) is 4.90 Å². The van der Waals surface area contributed by atoms with E-state index in [1.807, 2.05) is 24.3 Å². The second kappa shape index (κ2) is 6.96. The van der Waals surface area contributed by atoms with Gasteiger partial charge in [0.15, 0.2) is 5.13 Å². The summed E-state index contributed by atoms with van der Waals surface area (Å²) in [5, 5.41) is 3.27. The van der Waals surface area contributed by atoms with Crippen LogP contribution in [0.3, 0.4) is 0 Å². The van der Waals surface area contributed by atoms with Gasteiger partial charge in [-0.2, -0.15) is 0 Å².